The zero-order valence-corrected chi connectivity index (χ0v) is 17.5. The molecule has 0 unspecified atom stereocenters. The lowest BCUT2D eigenvalue weighted by Crippen LogP contribution is -2.27. The Kier molecular flexibility index (Phi) is 7.42. The Labute approximate surface area is 171 Å². The van der Waals surface area contributed by atoms with Gasteiger partial charge in [0.15, 0.2) is 18.1 Å². The highest BCUT2D eigenvalue weighted by Gasteiger charge is 2.21. The number of ether oxygens (including phenoxy) is 2. The zero-order valence-electron chi connectivity index (χ0n) is 17.5. The van der Waals surface area contributed by atoms with Gasteiger partial charge in [-0.2, -0.15) is 0 Å². The predicted octanol–water partition coefficient (Wildman–Crippen LogP) is 4.73. The molecule has 0 aliphatic rings. The Morgan fingerprint density at radius 3 is 2.31 bits per heavy atom. The molecule has 0 fully saturated rings. The van der Waals surface area contributed by atoms with Gasteiger partial charge in [-0.25, -0.2) is 0 Å². The SMILES string of the molecule is CC=Cc1ccc(OCC(=O)Nc2cccc(NC(=O)C(C)(C)C)c2)c(OC)c1. The van der Waals surface area contributed by atoms with E-state index in [4.69, 9.17) is 9.47 Å². The molecule has 2 N–H and O–H groups in total. The summed E-state index contributed by atoms with van der Waals surface area (Å²) in [7, 11) is 1.55. The van der Waals surface area contributed by atoms with E-state index in [0.717, 1.165) is 5.56 Å². The third kappa shape index (κ3) is 6.68. The lowest BCUT2D eigenvalue weighted by Gasteiger charge is -2.18. The number of carbonyl (C=O) groups excluding carboxylic acids is 2. The second-order valence-corrected chi connectivity index (χ2v) is 7.53. The van der Waals surface area contributed by atoms with Gasteiger partial charge in [-0.05, 0) is 42.8 Å². The van der Waals surface area contributed by atoms with Crippen LogP contribution in [0.2, 0.25) is 0 Å². The maximum atomic E-state index is 12.3. The van der Waals surface area contributed by atoms with Crippen LogP contribution in [-0.4, -0.2) is 25.5 Å². The van der Waals surface area contributed by atoms with Crippen LogP contribution < -0.4 is 20.1 Å². The molecule has 2 rings (SSSR count). The fraction of sp³-hybridized carbons (Fsp3) is 0.304. The van der Waals surface area contributed by atoms with Crippen LogP contribution in [0.3, 0.4) is 0 Å². The van der Waals surface area contributed by atoms with Gasteiger partial charge in [0.05, 0.1) is 7.11 Å². The molecule has 0 aliphatic heterocycles. The Hall–Kier alpha value is -3.28. The number of hydrogen-bond donors (Lipinski definition) is 2. The number of carbonyl (C=O) groups is 2. The van der Waals surface area contributed by atoms with Crippen molar-refractivity contribution >= 4 is 29.3 Å². The molecule has 0 bridgehead atoms. The summed E-state index contributed by atoms with van der Waals surface area (Å²) in [6.45, 7) is 7.28. The molecule has 6 heteroatoms. The number of methoxy groups -OCH3 is 1. The van der Waals surface area contributed by atoms with Crippen molar-refractivity contribution < 1.29 is 19.1 Å². The van der Waals surface area contributed by atoms with E-state index in [9.17, 15) is 9.59 Å². The number of allylic oxidation sites excluding steroid dienone is 1. The number of nitrogens with one attached hydrogen (secondary N) is 2. The Bertz CT molecular complexity index is 898. The van der Waals surface area contributed by atoms with Gasteiger partial charge in [0, 0.05) is 16.8 Å². The van der Waals surface area contributed by atoms with Crippen molar-refractivity contribution in [1.82, 2.24) is 0 Å². The lowest BCUT2D eigenvalue weighted by molar-refractivity contribution is -0.123. The van der Waals surface area contributed by atoms with Crippen LogP contribution in [0.5, 0.6) is 11.5 Å². The molecule has 29 heavy (non-hydrogen) atoms. The molecular weight excluding hydrogens is 368 g/mol. The topological polar surface area (TPSA) is 76.7 Å². The summed E-state index contributed by atoms with van der Waals surface area (Å²) >= 11 is 0. The van der Waals surface area contributed by atoms with Crippen molar-refractivity contribution in [3.8, 4) is 11.5 Å². The van der Waals surface area contributed by atoms with Gasteiger partial charge < -0.3 is 20.1 Å². The van der Waals surface area contributed by atoms with Crippen molar-refractivity contribution in [3.63, 3.8) is 0 Å². The summed E-state index contributed by atoms with van der Waals surface area (Å²) in [4.78, 5) is 24.4. The van der Waals surface area contributed by atoms with Crippen LogP contribution in [0.15, 0.2) is 48.5 Å². The number of amides is 2. The fourth-order valence-corrected chi connectivity index (χ4v) is 2.43. The smallest absolute Gasteiger partial charge is 0.262 e. The number of anilines is 2. The second-order valence-electron chi connectivity index (χ2n) is 7.53. The maximum absolute atomic E-state index is 12.3. The molecule has 0 saturated carbocycles. The van der Waals surface area contributed by atoms with Crippen LogP contribution in [0.25, 0.3) is 6.08 Å². The molecule has 6 nitrogen and oxygen atoms in total. The molecule has 2 aromatic rings. The summed E-state index contributed by atoms with van der Waals surface area (Å²) in [5, 5.41) is 5.61. The summed E-state index contributed by atoms with van der Waals surface area (Å²) in [6.07, 6.45) is 3.88. The van der Waals surface area contributed by atoms with E-state index in [1.807, 2.05) is 52.0 Å². The average Bonchev–Trinajstić information content (AvgIpc) is 2.66. The molecule has 0 aromatic heterocycles. The van der Waals surface area contributed by atoms with Crippen LogP contribution >= 0.6 is 0 Å². The fourth-order valence-electron chi connectivity index (χ4n) is 2.43. The van der Waals surface area contributed by atoms with Crippen LogP contribution in [-0.2, 0) is 9.59 Å². The average molecular weight is 396 g/mol. The Balaban J connectivity index is 1.98. The maximum Gasteiger partial charge on any atom is 0.262 e. The highest BCUT2D eigenvalue weighted by atomic mass is 16.5. The predicted molar refractivity (Wildman–Crippen MR) is 116 cm³/mol. The molecule has 154 valence electrons. The minimum absolute atomic E-state index is 0.0993. The van der Waals surface area contributed by atoms with E-state index < -0.39 is 5.41 Å². The molecular formula is C23H28N2O4. The van der Waals surface area contributed by atoms with Gasteiger partial charge in [0.25, 0.3) is 5.91 Å². The largest absolute Gasteiger partial charge is 0.493 e. The summed E-state index contributed by atoms with van der Waals surface area (Å²) in [5.41, 5.74) is 1.66. The molecule has 0 aliphatic carbocycles. The number of rotatable bonds is 7. The number of hydrogen-bond acceptors (Lipinski definition) is 4. The molecule has 2 aromatic carbocycles. The van der Waals surface area contributed by atoms with Gasteiger partial charge in [-0.3, -0.25) is 9.59 Å². The first-order chi connectivity index (χ1) is 13.7. The minimum Gasteiger partial charge on any atom is -0.493 e. The van der Waals surface area contributed by atoms with E-state index >= 15 is 0 Å². The van der Waals surface area contributed by atoms with E-state index in [0.29, 0.717) is 22.9 Å². The second kappa shape index (κ2) is 9.78. The summed E-state index contributed by atoms with van der Waals surface area (Å²) in [6, 6.07) is 12.5. The zero-order chi connectivity index (χ0) is 21.4. The molecule has 0 spiro atoms. The van der Waals surface area contributed by atoms with Gasteiger partial charge in [0.1, 0.15) is 0 Å². The Morgan fingerprint density at radius 2 is 1.69 bits per heavy atom. The summed E-state index contributed by atoms with van der Waals surface area (Å²) < 4.78 is 10.9. The molecule has 0 radical (unpaired) electrons. The van der Waals surface area contributed by atoms with Crippen molar-refractivity contribution in [2.24, 2.45) is 5.41 Å². The van der Waals surface area contributed by atoms with Gasteiger partial charge in [0.2, 0.25) is 5.91 Å². The van der Waals surface area contributed by atoms with Gasteiger partial charge >= 0.3 is 0 Å². The highest BCUT2D eigenvalue weighted by molar-refractivity contribution is 5.96. The quantitative estimate of drug-likeness (QED) is 0.709. The molecule has 0 heterocycles. The first-order valence-corrected chi connectivity index (χ1v) is 9.38. The van der Waals surface area contributed by atoms with Gasteiger partial charge in [-0.15, -0.1) is 0 Å². The minimum atomic E-state index is -0.505. The third-order valence-electron chi connectivity index (χ3n) is 3.99. The van der Waals surface area contributed by atoms with Crippen molar-refractivity contribution in [3.05, 3.63) is 54.1 Å². The molecule has 0 saturated heterocycles. The lowest BCUT2D eigenvalue weighted by atomic mass is 9.95. The Morgan fingerprint density at radius 1 is 1.00 bits per heavy atom. The molecule has 0 atom stereocenters. The first kappa shape index (κ1) is 22.0. The van der Waals surface area contributed by atoms with E-state index in [2.05, 4.69) is 10.6 Å². The van der Waals surface area contributed by atoms with E-state index in [1.54, 1.807) is 37.4 Å². The van der Waals surface area contributed by atoms with Crippen molar-refractivity contribution in [2.75, 3.05) is 24.4 Å². The van der Waals surface area contributed by atoms with Crippen LogP contribution in [0.4, 0.5) is 11.4 Å². The standard InChI is InChI=1S/C23H28N2O4/c1-6-8-16-11-12-19(20(13-16)28-5)29-15-21(26)24-17-9-7-10-18(14-17)25-22(27)23(2,3)4/h6-14H,15H2,1-5H3,(H,24,26)(H,25,27). The molecule has 2 amide bonds. The van der Waals surface area contributed by atoms with E-state index in [-0.39, 0.29) is 18.4 Å². The first-order valence-electron chi connectivity index (χ1n) is 9.38. The summed E-state index contributed by atoms with van der Waals surface area (Å²) in [5.74, 6) is 0.629. The third-order valence-corrected chi connectivity index (χ3v) is 3.99. The van der Waals surface area contributed by atoms with Gasteiger partial charge in [-0.1, -0.05) is 45.1 Å². The number of benzene rings is 2. The van der Waals surface area contributed by atoms with Crippen molar-refractivity contribution in [1.29, 1.82) is 0 Å². The highest BCUT2D eigenvalue weighted by Crippen LogP contribution is 2.28. The van der Waals surface area contributed by atoms with E-state index in [1.165, 1.54) is 0 Å². The monoisotopic (exact) mass is 396 g/mol. The normalized spacial score (nSPS) is 11.2. The van der Waals surface area contributed by atoms with Crippen LogP contribution in [0.1, 0.15) is 33.3 Å². The van der Waals surface area contributed by atoms with Crippen molar-refractivity contribution in [2.45, 2.75) is 27.7 Å². The van der Waals surface area contributed by atoms with Crippen LogP contribution in [0, 0.1) is 5.41 Å².